The molecule has 1 aliphatic rings. The summed E-state index contributed by atoms with van der Waals surface area (Å²) in [5.41, 5.74) is 8.53. The number of rotatable bonds is 2. The van der Waals surface area contributed by atoms with Gasteiger partial charge in [-0.3, -0.25) is 4.79 Å². The molecule has 3 atom stereocenters. The third-order valence-electron chi connectivity index (χ3n) is 4.43. The van der Waals surface area contributed by atoms with Crippen molar-refractivity contribution in [3.63, 3.8) is 0 Å². The van der Waals surface area contributed by atoms with E-state index in [1.54, 1.807) is 13.1 Å². The maximum atomic E-state index is 11.8. The van der Waals surface area contributed by atoms with Gasteiger partial charge in [-0.25, -0.2) is 0 Å². The Morgan fingerprint density at radius 2 is 2.05 bits per heavy atom. The summed E-state index contributed by atoms with van der Waals surface area (Å²) < 4.78 is 0. The van der Waals surface area contributed by atoms with Crippen LogP contribution in [-0.4, -0.2) is 25.5 Å². The second kappa shape index (κ2) is 5.73. The van der Waals surface area contributed by atoms with E-state index in [4.69, 9.17) is 5.73 Å². The van der Waals surface area contributed by atoms with Crippen molar-refractivity contribution in [2.45, 2.75) is 33.2 Å². The Balaban J connectivity index is 2.37. The van der Waals surface area contributed by atoms with E-state index in [1.807, 2.05) is 12.1 Å². The fraction of sp³-hybridized carbons (Fsp3) is 0.562. The summed E-state index contributed by atoms with van der Waals surface area (Å²) in [5, 5.41) is 2.66. The van der Waals surface area contributed by atoms with Crippen molar-refractivity contribution in [2.75, 3.05) is 24.2 Å². The molecule has 3 N–H and O–H groups in total. The van der Waals surface area contributed by atoms with Crippen molar-refractivity contribution in [3.8, 4) is 0 Å². The Morgan fingerprint density at radius 3 is 2.70 bits per heavy atom. The fourth-order valence-corrected chi connectivity index (χ4v) is 3.11. The first-order chi connectivity index (χ1) is 9.43. The van der Waals surface area contributed by atoms with E-state index in [9.17, 15) is 4.79 Å². The third kappa shape index (κ3) is 2.74. The highest BCUT2D eigenvalue weighted by molar-refractivity contribution is 5.96. The molecule has 1 heterocycles. The molecule has 0 radical (unpaired) electrons. The maximum Gasteiger partial charge on any atom is 0.251 e. The Labute approximate surface area is 121 Å². The molecule has 4 heteroatoms. The summed E-state index contributed by atoms with van der Waals surface area (Å²) in [6.07, 6.45) is 1.24. The quantitative estimate of drug-likeness (QED) is 0.815. The predicted octanol–water partition coefficient (Wildman–Crippen LogP) is 2.50. The lowest BCUT2D eigenvalue weighted by Crippen LogP contribution is -2.46. The van der Waals surface area contributed by atoms with Gasteiger partial charge < -0.3 is 16.0 Å². The molecular weight excluding hydrogens is 250 g/mol. The summed E-state index contributed by atoms with van der Waals surface area (Å²) >= 11 is 0. The van der Waals surface area contributed by atoms with Crippen LogP contribution in [0, 0.1) is 11.8 Å². The molecule has 2 rings (SSSR count). The molecule has 0 bridgehead atoms. The number of anilines is 2. The van der Waals surface area contributed by atoms with E-state index in [0.29, 0.717) is 23.4 Å². The van der Waals surface area contributed by atoms with Crippen LogP contribution >= 0.6 is 0 Å². The molecule has 1 aliphatic heterocycles. The van der Waals surface area contributed by atoms with Gasteiger partial charge in [-0.2, -0.15) is 0 Å². The van der Waals surface area contributed by atoms with Crippen LogP contribution in [0.2, 0.25) is 0 Å². The SMILES string of the molecule is CNC(=O)c1ccc(N)c(N2CC(C)CC(C)C2C)c1. The van der Waals surface area contributed by atoms with Crippen molar-refractivity contribution < 1.29 is 4.79 Å². The number of nitrogens with zero attached hydrogens (tertiary/aromatic N) is 1. The molecule has 0 spiro atoms. The van der Waals surface area contributed by atoms with Crippen LogP contribution in [0.5, 0.6) is 0 Å². The number of hydrogen-bond donors (Lipinski definition) is 2. The molecule has 20 heavy (non-hydrogen) atoms. The Bertz CT molecular complexity index is 500. The van der Waals surface area contributed by atoms with E-state index in [-0.39, 0.29) is 5.91 Å². The topological polar surface area (TPSA) is 58.4 Å². The average molecular weight is 275 g/mol. The van der Waals surface area contributed by atoms with Crippen LogP contribution in [0.15, 0.2) is 18.2 Å². The van der Waals surface area contributed by atoms with Crippen LogP contribution in [0.4, 0.5) is 11.4 Å². The van der Waals surface area contributed by atoms with Crippen molar-refractivity contribution in [3.05, 3.63) is 23.8 Å². The predicted molar refractivity (Wildman–Crippen MR) is 84.0 cm³/mol. The van der Waals surface area contributed by atoms with Crippen molar-refractivity contribution in [1.82, 2.24) is 5.32 Å². The molecule has 1 saturated heterocycles. The lowest BCUT2D eigenvalue weighted by Gasteiger charge is -2.43. The summed E-state index contributed by atoms with van der Waals surface area (Å²) in [6.45, 7) is 7.79. The largest absolute Gasteiger partial charge is 0.397 e. The molecule has 0 aromatic heterocycles. The van der Waals surface area contributed by atoms with Gasteiger partial charge >= 0.3 is 0 Å². The lowest BCUT2D eigenvalue weighted by molar-refractivity contribution is 0.0963. The zero-order valence-corrected chi connectivity index (χ0v) is 12.8. The number of nitrogens with one attached hydrogen (secondary N) is 1. The first-order valence-corrected chi connectivity index (χ1v) is 7.32. The number of nitrogens with two attached hydrogens (primary N) is 1. The van der Waals surface area contributed by atoms with E-state index < -0.39 is 0 Å². The van der Waals surface area contributed by atoms with Crippen LogP contribution < -0.4 is 16.0 Å². The number of nitrogen functional groups attached to an aromatic ring is 1. The molecule has 3 unspecified atom stereocenters. The van der Waals surface area contributed by atoms with E-state index in [1.165, 1.54) is 6.42 Å². The minimum atomic E-state index is -0.0722. The van der Waals surface area contributed by atoms with Crippen LogP contribution in [-0.2, 0) is 0 Å². The van der Waals surface area contributed by atoms with Crippen molar-refractivity contribution >= 4 is 17.3 Å². The second-order valence-corrected chi connectivity index (χ2v) is 6.06. The highest BCUT2D eigenvalue weighted by Gasteiger charge is 2.30. The third-order valence-corrected chi connectivity index (χ3v) is 4.43. The summed E-state index contributed by atoms with van der Waals surface area (Å²) in [6, 6.07) is 5.96. The number of carbonyl (C=O) groups is 1. The highest BCUT2D eigenvalue weighted by atomic mass is 16.1. The molecular formula is C16H25N3O. The first kappa shape index (κ1) is 14.7. The fourth-order valence-electron chi connectivity index (χ4n) is 3.11. The van der Waals surface area contributed by atoms with Gasteiger partial charge in [0, 0.05) is 25.2 Å². The van der Waals surface area contributed by atoms with Gasteiger partial charge in [0.1, 0.15) is 0 Å². The Kier molecular flexibility index (Phi) is 4.21. The Hall–Kier alpha value is -1.71. The van der Waals surface area contributed by atoms with Crippen LogP contribution in [0.3, 0.4) is 0 Å². The maximum absolute atomic E-state index is 11.8. The highest BCUT2D eigenvalue weighted by Crippen LogP contribution is 2.34. The second-order valence-electron chi connectivity index (χ2n) is 6.06. The molecule has 4 nitrogen and oxygen atoms in total. The molecule has 1 aromatic rings. The van der Waals surface area contributed by atoms with Gasteiger partial charge in [0.2, 0.25) is 0 Å². The summed E-state index contributed by atoms with van der Waals surface area (Å²) in [7, 11) is 1.64. The normalized spacial score (nSPS) is 26.4. The number of amides is 1. The minimum Gasteiger partial charge on any atom is -0.397 e. The molecule has 0 aliphatic carbocycles. The number of benzene rings is 1. The molecule has 110 valence electrons. The first-order valence-electron chi connectivity index (χ1n) is 7.32. The molecule has 0 saturated carbocycles. The Morgan fingerprint density at radius 1 is 1.35 bits per heavy atom. The van der Waals surface area contributed by atoms with Gasteiger partial charge in [-0.05, 0) is 43.4 Å². The van der Waals surface area contributed by atoms with Crippen molar-refractivity contribution in [1.29, 1.82) is 0 Å². The van der Waals surface area contributed by atoms with Gasteiger partial charge in [0.25, 0.3) is 5.91 Å². The van der Waals surface area contributed by atoms with E-state index in [0.717, 1.165) is 17.9 Å². The monoisotopic (exact) mass is 275 g/mol. The van der Waals surface area contributed by atoms with E-state index >= 15 is 0 Å². The van der Waals surface area contributed by atoms with Gasteiger partial charge in [-0.1, -0.05) is 13.8 Å². The lowest BCUT2D eigenvalue weighted by atomic mass is 9.85. The summed E-state index contributed by atoms with van der Waals surface area (Å²) in [5.74, 6) is 1.20. The van der Waals surface area contributed by atoms with Gasteiger partial charge in [0.15, 0.2) is 0 Å². The summed E-state index contributed by atoms with van der Waals surface area (Å²) in [4.78, 5) is 14.1. The van der Waals surface area contributed by atoms with Crippen LogP contribution in [0.25, 0.3) is 0 Å². The number of piperidine rings is 1. The van der Waals surface area contributed by atoms with E-state index in [2.05, 4.69) is 31.0 Å². The molecule has 1 fully saturated rings. The average Bonchev–Trinajstić information content (AvgIpc) is 2.42. The standard InChI is InChI=1S/C16H25N3O/c1-10-7-11(2)12(3)19(9-10)15-8-13(16(20)18-4)5-6-14(15)17/h5-6,8,10-12H,7,9,17H2,1-4H3,(H,18,20). The zero-order valence-electron chi connectivity index (χ0n) is 12.8. The minimum absolute atomic E-state index is 0.0722. The molecule has 1 amide bonds. The van der Waals surface area contributed by atoms with Crippen molar-refractivity contribution in [2.24, 2.45) is 11.8 Å². The number of carbonyl (C=O) groups excluding carboxylic acids is 1. The zero-order chi connectivity index (χ0) is 14.9. The van der Waals surface area contributed by atoms with Gasteiger partial charge in [0.05, 0.1) is 11.4 Å². The number of hydrogen-bond acceptors (Lipinski definition) is 3. The van der Waals surface area contributed by atoms with Crippen LogP contribution in [0.1, 0.15) is 37.6 Å². The smallest absolute Gasteiger partial charge is 0.251 e. The molecule has 1 aromatic carbocycles. The van der Waals surface area contributed by atoms with Gasteiger partial charge in [-0.15, -0.1) is 0 Å².